The lowest BCUT2D eigenvalue weighted by Crippen LogP contribution is -2.26. The van der Waals surface area contributed by atoms with E-state index in [0.29, 0.717) is 0 Å². The molecular formula is C15H19Br2N3. The Balaban J connectivity index is 2.38. The molecule has 0 saturated heterocycles. The highest BCUT2D eigenvalue weighted by Gasteiger charge is 2.25. The van der Waals surface area contributed by atoms with Crippen molar-refractivity contribution in [2.75, 3.05) is 18.0 Å². The van der Waals surface area contributed by atoms with Crippen molar-refractivity contribution in [3.63, 3.8) is 0 Å². The summed E-state index contributed by atoms with van der Waals surface area (Å²) in [5.41, 5.74) is 5.10. The van der Waals surface area contributed by atoms with Gasteiger partial charge in [0.15, 0.2) is 0 Å². The number of nitrogens with zero attached hydrogens (tertiary/aromatic N) is 3. The number of anilines is 1. The largest absolute Gasteiger partial charge is 0.343 e. The van der Waals surface area contributed by atoms with Gasteiger partial charge in [0.2, 0.25) is 5.95 Å². The Morgan fingerprint density at radius 2 is 1.90 bits per heavy atom. The second-order valence-corrected chi connectivity index (χ2v) is 6.85. The first-order chi connectivity index (χ1) is 9.60. The summed E-state index contributed by atoms with van der Waals surface area (Å²) in [6.45, 7) is 9.60. The van der Waals surface area contributed by atoms with Gasteiger partial charge in [-0.25, -0.2) is 4.98 Å². The Labute approximate surface area is 136 Å². The van der Waals surface area contributed by atoms with E-state index < -0.39 is 0 Å². The zero-order valence-corrected chi connectivity index (χ0v) is 15.3. The average Bonchev–Trinajstić information content (AvgIpc) is 2.85. The Morgan fingerprint density at radius 1 is 1.20 bits per heavy atom. The van der Waals surface area contributed by atoms with Crippen molar-refractivity contribution in [2.24, 2.45) is 0 Å². The predicted molar refractivity (Wildman–Crippen MR) is 91.8 cm³/mol. The van der Waals surface area contributed by atoms with E-state index in [4.69, 9.17) is 4.98 Å². The Kier molecular flexibility index (Phi) is 3.84. The number of halogens is 2. The summed E-state index contributed by atoms with van der Waals surface area (Å²) in [5, 5.41) is 0. The molecule has 20 heavy (non-hydrogen) atoms. The number of rotatable bonds is 3. The summed E-state index contributed by atoms with van der Waals surface area (Å²) >= 11 is 7.47. The zero-order chi connectivity index (χ0) is 14.4. The topological polar surface area (TPSA) is 21.1 Å². The number of benzene rings is 1. The van der Waals surface area contributed by atoms with E-state index in [1.807, 2.05) is 0 Å². The van der Waals surface area contributed by atoms with Crippen LogP contribution in [0.3, 0.4) is 0 Å². The molecule has 1 aromatic heterocycles. The molecule has 5 heteroatoms. The fourth-order valence-electron chi connectivity index (χ4n) is 3.12. The normalized spacial score (nSPS) is 14.1. The fourth-order valence-corrected chi connectivity index (χ4v) is 4.23. The number of imidazole rings is 1. The lowest BCUT2D eigenvalue weighted by Gasteiger charge is -2.24. The van der Waals surface area contributed by atoms with Crippen LogP contribution in [0.15, 0.2) is 8.95 Å². The van der Waals surface area contributed by atoms with Gasteiger partial charge >= 0.3 is 0 Å². The summed E-state index contributed by atoms with van der Waals surface area (Å²) in [7, 11) is 0. The van der Waals surface area contributed by atoms with Gasteiger partial charge in [0.1, 0.15) is 0 Å². The van der Waals surface area contributed by atoms with E-state index in [1.54, 1.807) is 0 Å². The van der Waals surface area contributed by atoms with Crippen LogP contribution in [-0.2, 0) is 13.0 Å². The fraction of sp³-hybridized carbons (Fsp3) is 0.533. The molecule has 108 valence electrons. The molecule has 2 aromatic rings. The molecule has 1 aromatic carbocycles. The molecule has 0 atom stereocenters. The Bertz CT molecular complexity index is 672. The Morgan fingerprint density at radius 3 is 2.55 bits per heavy atom. The van der Waals surface area contributed by atoms with Gasteiger partial charge in [0.05, 0.1) is 11.0 Å². The average molecular weight is 401 g/mol. The summed E-state index contributed by atoms with van der Waals surface area (Å²) in [6.07, 6.45) is 2.31. The van der Waals surface area contributed by atoms with E-state index in [-0.39, 0.29) is 0 Å². The van der Waals surface area contributed by atoms with Crippen molar-refractivity contribution in [2.45, 2.75) is 40.2 Å². The van der Waals surface area contributed by atoms with Gasteiger partial charge in [-0.1, -0.05) is 0 Å². The van der Waals surface area contributed by atoms with Crippen molar-refractivity contribution in [1.29, 1.82) is 0 Å². The molecule has 0 bridgehead atoms. The van der Waals surface area contributed by atoms with Crippen molar-refractivity contribution in [3.05, 3.63) is 20.1 Å². The van der Waals surface area contributed by atoms with Crippen LogP contribution in [0.25, 0.3) is 11.0 Å². The summed E-state index contributed by atoms with van der Waals surface area (Å²) < 4.78 is 4.76. The van der Waals surface area contributed by atoms with E-state index in [9.17, 15) is 0 Å². The molecule has 0 spiro atoms. The molecule has 0 unspecified atom stereocenters. The number of hydrogen-bond acceptors (Lipinski definition) is 2. The molecule has 1 aliphatic heterocycles. The number of hydrogen-bond donors (Lipinski definition) is 0. The SMILES string of the molecule is CCN(CC)c1nc2c(C)c(Br)c(Br)c3c2n1CCC3. The maximum Gasteiger partial charge on any atom is 0.206 e. The van der Waals surface area contributed by atoms with E-state index in [0.717, 1.165) is 42.0 Å². The van der Waals surface area contributed by atoms with Crippen molar-refractivity contribution >= 4 is 48.8 Å². The molecule has 0 saturated carbocycles. The molecule has 3 rings (SSSR count). The van der Waals surface area contributed by atoms with Crippen LogP contribution in [0.1, 0.15) is 31.4 Å². The maximum atomic E-state index is 4.97. The highest BCUT2D eigenvalue weighted by molar-refractivity contribution is 9.13. The van der Waals surface area contributed by atoms with Gasteiger partial charge in [0, 0.05) is 28.6 Å². The van der Waals surface area contributed by atoms with Crippen molar-refractivity contribution in [3.8, 4) is 0 Å². The molecule has 0 aliphatic carbocycles. The molecule has 0 N–H and O–H groups in total. The van der Waals surface area contributed by atoms with Gasteiger partial charge in [-0.2, -0.15) is 0 Å². The van der Waals surface area contributed by atoms with Crippen LogP contribution in [0.5, 0.6) is 0 Å². The molecule has 2 heterocycles. The Hall–Kier alpha value is -0.550. The van der Waals surface area contributed by atoms with Crippen LogP contribution in [0, 0.1) is 6.92 Å². The van der Waals surface area contributed by atoms with Crippen molar-refractivity contribution < 1.29 is 0 Å². The van der Waals surface area contributed by atoms with Crippen molar-refractivity contribution in [1.82, 2.24) is 9.55 Å². The summed E-state index contributed by atoms with van der Waals surface area (Å²) in [5.74, 6) is 1.12. The van der Waals surface area contributed by atoms with Crippen LogP contribution in [-0.4, -0.2) is 22.6 Å². The first kappa shape index (κ1) is 14.4. The standard InChI is InChI=1S/C15H19Br2N3/c1-4-19(5-2)15-18-13-9(3)11(16)12(17)10-7-6-8-20(15)14(10)13/h4-8H2,1-3H3. The highest BCUT2D eigenvalue weighted by Crippen LogP contribution is 2.41. The third kappa shape index (κ3) is 1.93. The van der Waals surface area contributed by atoms with Crippen LogP contribution >= 0.6 is 31.9 Å². The third-order valence-corrected chi connectivity index (χ3v) is 6.63. The highest BCUT2D eigenvalue weighted by atomic mass is 79.9. The third-order valence-electron chi connectivity index (χ3n) is 4.23. The van der Waals surface area contributed by atoms with E-state index in [2.05, 4.69) is 62.1 Å². The zero-order valence-electron chi connectivity index (χ0n) is 12.1. The quantitative estimate of drug-likeness (QED) is 0.746. The minimum atomic E-state index is 0.997. The lowest BCUT2D eigenvalue weighted by atomic mass is 10.0. The molecular weight excluding hydrogens is 382 g/mol. The van der Waals surface area contributed by atoms with Gasteiger partial charge < -0.3 is 9.47 Å². The van der Waals surface area contributed by atoms with Crippen LogP contribution < -0.4 is 4.90 Å². The van der Waals surface area contributed by atoms with Crippen LogP contribution in [0.2, 0.25) is 0 Å². The molecule has 1 aliphatic rings. The van der Waals surface area contributed by atoms with Gasteiger partial charge in [-0.3, -0.25) is 0 Å². The molecule has 0 fully saturated rings. The maximum absolute atomic E-state index is 4.97. The summed E-state index contributed by atoms with van der Waals surface area (Å²) in [4.78, 5) is 7.31. The molecule has 3 nitrogen and oxygen atoms in total. The van der Waals surface area contributed by atoms with Gasteiger partial charge in [-0.15, -0.1) is 0 Å². The second kappa shape index (κ2) is 5.34. The van der Waals surface area contributed by atoms with Crippen LogP contribution in [0.4, 0.5) is 5.95 Å². The summed E-state index contributed by atoms with van der Waals surface area (Å²) in [6, 6.07) is 0. The number of aromatic nitrogens is 2. The monoisotopic (exact) mass is 399 g/mol. The minimum Gasteiger partial charge on any atom is -0.343 e. The predicted octanol–water partition coefficient (Wildman–Crippen LogP) is 4.66. The van der Waals surface area contributed by atoms with E-state index in [1.165, 1.54) is 27.5 Å². The number of aryl methyl sites for hydroxylation is 3. The van der Waals surface area contributed by atoms with Gasteiger partial charge in [-0.05, 0) is 76.6 Å². The lowest BCUT2D eigenvalue weighted by molar-refractivity contribution is 0.618. The minimum absolute atomic E-state index is 0.997. The second-order valence-electron chi connectivity index (χ2n) is 5.27. The molecule has 0 amide bonds. The smallest absolute Gasteiger partial charge is 0.206 e. The first-order valence-corrected chi connectivity index (χ1v) is 8.80. The first-order valence-electron chi connectivity index (χ1n) is 7.21. The molecule has 0 radical (unpaired) electrons. The van der Waals surface area contributed by atoms with Gasteiger partial charge in [0.25, 0.3) is 0 Å². The van der Waals surface area contributed by atoms with E-state index >= 15 is 0 Å².